The van der Waals surface area contributed by atoms with Crippen molar-refractivity contribution in [1.82, 2.24) is 5.32 Å². The van der Waals surface area contributed by atoms with Gasteiger partial charge in [-0.2, -0.15) is 12.6 Å². The summed E-state index contributed by atoms with van der Waals surface area (Å²) in [5, 5.41) is 3.73. The van der Waals surface area contributed by atoms with E-state index in [4.69, 9.17) is 0 Å². The van der Waals surface area contributed by atoms with E-state index in [0.29, 0.717) is 5.25 Å². The first-order chi connectivity index (χ1) is 2.39. The predicted molar refractivity (Wildman–Crippen MR) is 25.6 cm³/mol. The van der Waals surface area contributed by atoms with Crippen LogP contribution in [-0.2, 0) is 0 Å². The average molecular weight is 89.2 g/mol. The summed E-state index contributed by atoms with van der Waals surface area (Å²) >= 11 is 4.12. The van der Waals surface area contributed by atoms with E-state index < -0.39 is 0 Å². The molecule has 0 spiro atoms. The van der Waals surface area contributed by atoms with Crippen molar-refractivity contribution >= 4 is 12.6 Å². The van der Waals surface area contributed by atoms with Crippen LogP contribution in [0.5, 0.6) is 0 Å². The molecule has 1 aliphatic heterocycles. The summed E-state index contributed by atoms with van der Waals surface area (Å²) < 4.78 is 0. The van der Waals surface area contributed by atoms with Crippen molar-refractivity contribution in [1.29, 1.82) is 0 Å². The Balaban J connectivity index is 2.08. The summed E-state index contributed by atoms with van der Waals surface area (Å²) in [6, 6.07) is 0. The van der Waals surface area contributed by atoms with Gasteiger partial charge in [-0.3, -0.25) is 0 Å². The lowest BCUT2D eigenvalue weighted by molar-refractivity contribution is 0.547. The SMILES string of the molecule is SC1CNC1. The number of hydrogen-bond donors (Lipinski definition) is 2. The fourth-order valence-electron chi connectivity index (χ4n) is 0.273. The van der Waals surface area contributed by atoms with Gasteiger partial charge in [0.1, 0.15) is 0 Å². The minimum absolute atomic E-state index is 0.648. The monoisotopic (exact) mass is 89.0 g/mol. The molecule has 30 valence electrons. The predicted octanol–water partition coefficient (Wildman–Crippen LogP) is -0.112. The highest BCUT2D eigenvalue weighted by molar-refractivity contribution is 7.81. The van der Waals surface area contributed by atoms with Crippen molar-refractivity contribution < 1.29 is 0 Å². The Labute approximate surface area is 37.2 Å². The van der Waals surface area contributed by atoms with Gasteiger partial charge in [-0.05, 0) is 0 Å². The quantitative estimate of drug-likeness (QED) is 0.394. The maximum absolute atomic E-state index is 4.12. The third-order valence-electron chi connectivity index (χ3n) is 0.760. The summed E-state index contributed by atoms with van der Waals surface area (Å²) in [5.41, 5.74) is 0. The van der Waals surface area contributed by atoms with Gasteiger partial charge in [-0.1, -0.05) is 0 Å². The van der Waals surface area contributed by atoms with Crippen LogP contribution in [0.3, 0.4) is 0 Å². The Morgan fingerprint density at radius 3 is 2.00 bits per heavy atom. The van der Waals surface area contributed by atoms with Crippen molar-refractivity contribution in [3.63, 3.8) is 0 Å². The van der Waals surface area contributed by atoms with Gasteiger partial charge in [0.05, 0.1) is 0 Å². The van der Waals surface area contributed by atoms with Crippen molar-refractivity contribution in [2.45, 2.75) is 5.25 Å². The molecule has 1 heterocycles. The molecular formula is C3H7NS. The van der Waals surface area contributed by atoms with Gasteiger partial charge in [0, 0.05) is 18.3 Å². The van der Waals surface area contributed by atoms with Gasteiger partial charge in [-0.25, -0.2) is 0 Å². The van der Waals surface area contributed by atoms with Crippen molar-refractivity contribution in [2.24, 2.45) is 0 Å². The summed E-state index contributed by atoms with van der Waals surface area (Å²) in [5.74, 6) is 0. The Bertz CT molecular complexity index is 33.9. The summed E-state index contributed by atoms with van der Waals surface area (Å²) in [7, 11) is 0. The van der Waals surface area contributed by atoms with Crippen LogP contribution in [0.15, 0.2) is 0 Å². The zero-order chi connectivity index (χ0) is 3.70. The molecule has 2 heteroatoms. The van der Waals surface area contributed by atoms with E-state index in [-0.39, 0.29) is 0 Å². The lowest BCUT2D eigenvalue weighted by Gasteiger charge is -2.20. The van der Waals surface area contributed by atoms with Gasteiger partial charge in [-0.15, -0.1) is 0 Å². The molecule has 1 rings (SSSR count). The molecule has 1 N–H and O–H groups in total. The molecule has 0 aliphatic carbocycles. The third kappa shape index (κ3) is 0.578. The maximum Gasteiger partial charge on any atom is 0.0267 e. The molecule has 0 unspecified atom stereocenters. The lowest BCUT2D eigenvalue weighted by Crippen LogP contribution is -2.42. The summed E-state index contributed by atoms with van der Waals surface area (Å²) in [4.78, 5) is 0. The van der Waals surface area contributed by atoms with Crippen molar-refractivity contribution in [2.75, 3.05) is 13.1 Å². The van der Waals surface area contributed by atoms with Crippen LogP contribution in [0.4, 0.5) is 0 Å². The first-order valence-corrected chi connectivity index (χ1v) is 2.30. The molecular weight excluding hydrogens is 82.1 g/mol. The van der Waals surface area contributed by atoms with E-state index in [1.54, 1.807) is 0 Å². The zero-order valence-corrected chi connectivity index (χ0v) is 3.83. The number of nitrogens with one attached hydrogen (secondary N) is 1. The molecule has 1 aliphatic rings. The fraction of sp³-hybridized carbons (Fsp3) is 1.00. The Morgan fingerprint density at radius 1 is 1.60 bits per heavy atom. The van der Waals surface area contributed by atoms with E-state index in [2.05, 4.69) is 17.9 Å². The molecule has 0 aromatic heterocycles. The van der Waals surface area contributed by atoms with Crippen LogP contribution in [0.25, 0.3) is 0 Å². The molecule has 0 aromatic rings. The molecule has 1 nitrogen and oxygen atoms in total. The van der Waals surface area contributed by atoms with E-state index in [1.165, 1.54) is 0 Å². The second-order valence-electron chi connectivity index (χ2n) is 1.31. The molecule has 1 saturated heterocycles. The lowest BCUT2D eigenvalue weighted by atomic mass is 10.3. The Morgan fingerprint density at radius 2 is 2.00 bits per heavy atom. The van der Waals surface area contributed by atoms with E-state index in [9.17, 15) is 0 Å². The van der Waals surface area contributed by atoms with Gasteiger partial charge < -0.3 is 5.32 Å². The summed E-state index contributed by atoms with van der Waals surface area (Å²) in [6.45, 7) is 2.20. The maximum atomic E-state index is 4.12. The van der Waals surface area contributed by atoms with Crippen LogP contribution in [0.1, 0.15) is 0 Å². The highest BCUT2D eigenvalue weighted by atomic mass is 32.1. The molecule has 0 amide bonds. The van der Waals surface area contributed by atoms with Gasteiger partial charge in [0.15, 0.2) is 0 Å². The Kier molecular flexibility index (Phi) is 0.830. The molecule has 5 heavy (non-hydrogen) atoms. The third-order valence-corrected chi connectivity index (χ3v) is 1.13. The number of thiol groups is 1. The minimum Gasteiger partial charge on any atom is -0.314 e. The number of hydrogen-bond acceptors (Lipinski definition) is 2. The largest absolute Gasteiger partial charge is 0.314 e. The topological polar surface area (TPSA) is 12.0 Å². The highest BCUT2D eigenvalue weighted by Gasteiger charge is 2.08. The second kappa shape index (κ2) is 1.19. The molecule has 0 bridgehead atoms. The molecule has 0 atom stereocenters. The first kappa shape index (κ1) is 3.50. The first-order valence-electron chi connectivity index (χ1n) is 1.78. The van der Waals surface area contributed by atoms with E-state index in [0.717, 1.165) is 13.1 Å². The Hall–Kier alpha value is 0.310. The van der Waals surface area contributed by atoms with Crippen molar-refractivity contribution in [3.8, 4) is 0 Å². The normalized spacial score (nSPS) is 25.8. The zero-order valence-electron chi connectivity index (χ0n) is 2.94. The van der Waals surface area contributed by atoms with Gasteiger partial charge in [0.25, 0.3) is 0 Å². The molecule has 1 fully saturated rings. The number of rotatable bonds is 0. The minimum atomic E-state index is 0.648. The van der Waals surface area contributed by atoms with Crippen LogP contribution in [-0.4, -0.2) is 18.3 Å². The van der Waals surface area contributed by atoms with E-state index in [1.807, 2.05) is 0 Å². The van der Waals surface area contributed by atoms with Crippen LogP contribution < -0.4 is 5.32 Å². The summed E-state index contributed by atoms with van der Waals surface area (Å²) in [6.07, 6.45) is 0. The highest BCUT2D eigenvalue weighted by Crippen LogP contribution is 1.97. The average Bonchev–Trinajstić information content (AvgIpc) is 1.30. The smallest absolute Gasteiger partial charge is 0.0267 e. The molecule has 0 saturated carbocycles. The van der Waals surface area contributed by atoms with Crippen LogP contribution >= 0.6 is 12.6 Å². The fourth-order valence-corrected chi connectivity index (χ4v) is 0.532. The molecule has 0 aromatic carbocycles. The molecule has 0 radical (unpaired) electrons. The van der Waals surface area contributed by atoms with Gasteiger partial charge >= 0.3 is 0 Å². The van der Waals surface area contributed by atoms with Gasteiger partial charge in [0.2, 0.25) is 0 Å². The standard InChI is InChI=1S/C3H7NS/c5-3-1-4-2-3/h3-5H,1-2H2. The van der Waals surface area contributed by atoms with Crippen molar-refractivity contribution in [3.05, 3.63) is 0 Å². The van der Waals surface area contributed by atoms with Crippen LogP contribution in [0.2, 0.25) is 0 Å². The van der Waals surface area contributed by atoms with Crippen LogP contribution in [0, 0.1) is 0 Å². The second-order valence-corrected chi connectivity index (χ2v) is 2.04. The van der Waals surface area contributed by atoms with E-state index >= 15 is 0 Å².